The molecule has 0 atom stereocenters. The van der Waals surface area contributed by atoms with Crippen LogP contribution in [0.2, 0.25) is 0 Å². The van der Waals surface area contributed by atoms with E-state index in [0.29, 0.717) is 4.47 Å². The van der Waals surface area contributed by atoms with E-state index in [1.165, 1.54) is 0 Å². The van der Waals surface area contributed by atoms with E-state index >= 15 is 0 Å². The van der Waals surface area contributed by atoms with E-state index in [9.17, 15) is 4.39 Å². The average molecular weight is 254 g/mol. The third kappa shape index (κ3) is 0.836. The zero-order valence-electron chi connectivity index (χ0n) is 7.53. The van der Waals surface area contributed by atoms with Crippen molar-refractivity contribution in [2.75, 3.05) is 5.32 Å². The van der Waals surface area contributed by atoms with Crippen LogP contribution < -0.4 is 5.32 Å². The third-order valence-electron chi connectivity index (χ3n) is 3.19. The minimum absolute atomic E-state index is 0.0941. The van der Waals surface area contributed by atoms with Gasteiger partial charge >= 0.3 is 0 Å². The number of fused-ring (bicyclic) bond motifs is 2. The van der Waals surface area contributed by atoms with Crippen LogP contribution >= 0.6 is 15.9 Å². The molecule has 1 saturated carbocycles. The summed E-state index contributed by atoms with van der Waals surface area (Å²) in [6.07, 6.45) is 2.03. The molecule has 1 spiro atoms. The largest absolute Gasteiger partial charge is 0.358 e. The van der Waals surface area contributed by atoms with Crippen molar-refractivity contribution in [3.05, 3.63) is 40.3 Å². The lowest BCUT2D eigenvalue weighted by Gasteiger charge is -2.09. The van der Waals surface area contributed by atoms with Crippen molar-refractivity contribution in [2.24, 2.45) is 0 Å². The van der Waals surface area contributed by atoms with Gasteiger partial charge in [-0.3, -0.25) is 0 Å². The zero-order valence-corrected chi connectivity index (χ0v) is 9.12. The molecule has 1 aromatic carbocycles. The lowest BCUT2D eigenvalue weighted by molar-refractivity contribution is 0.594. The molecule has 2 aliphatic rings. The predicted molar refractivity (Wildman–Crippen MR) is 57.8 cm³/mol. The molecular weight excluding hydrogens is 245 g/mol. The van der Waals surface area contributed by atoms with E-state index in [4.69, 9.17) is 0 Å². The lowest BCUT2D eigenvalue weighted by Crippen LogP contribution is -2.06. The molecule has 1 fully saturated rings. The molecule has 0 saturated heterocycles. The summed E-state index contributed by atoms with van der Waals surface area (Å²) in [5.41, 5.74) is 2.54. The Labute approximate surface area is 90.1 Å². The highest BCUT2D eigenvalue weighted by Crippen LogP contribution is 2.60. The summed E-state index contributed by atoms with van der Waals surface area (Å²) in [5.74, 6) is -0.133. The van der Waals surface area contributed by atoms with Crippen molar-refractivity contribution in [2.45, 2.75) is 18.3 Å². The van der Waals surface area contributed by atoms with Crippen LogP contribution in [0, 0.1) is 5.82 Å². The highest BCUT2D eigenvalue weighted by Gasteiger charge is 2.53. The average Bonchev–Trinajstić information content (AvgIpc) is 2.87. The molecule has 0 aromatic heterocycles. The monoisotopic (exact) mass is 253 g/mol. The molecule has 1 aromatic rings. The fraction of sp³-hybridized carbons (Fsp3) is 0.273. The maximum absolute atomic E-state index is 13.9. The zero-order chi connectivity index (χ0) is 9.92. The summed E-state index contributed by atoms with van der Waals surface area (Å²) in [4.78, 5) is 0. The fourth-order valence-corrected chi connectivity index (χ4v) is 2.56. The van der Waals surface area contributed by atoms with Gasteiger partial charge in [0, 0.05) is 22.4 Å². The molecule has 14 heavy (non-hydrogen) atoms. The minimum Gasteiger partial charge on any atom is -0.358 e. The summed E-state index contributed by atoms with van der Waals surface area (Å²) in [6, 6.07) is 3.64. The molecule has 1 aliphatic heterocycles. The summed E-state index contributed by atoms with van der Waals surface area (Å²) in [5, 5.41) is 3.16. The molecule has 0 amide bonds. The summed E-state index contributed by atoms with van der Waals surface area (Å²) in [6.45, 7) is 3.96. The van der Waals surface area contributed by atoms with Gasteiger partial charge in [0.15, 0.2) is 0 Å². The van der Waals surface area contributed by atoms with Crippen molar-refractivity contribution in [1.82, 2.24) is 0 Å². The Kier molecular flexibility index (Phi) is 1.45. The Balaban J connectivity index is 2.31. The normalized spacial score (nSPS) is 20.9. The van der Waals surface area contributed by atoms with Gasteiger partial charge in [-0.25, -0.2) is 4.39 Å². The van der Waals surface area contributed by atoms with Crippen molar-refractivity contribution in [3.8, 4) is 0 Å². The van der Waals surface area contributed by atoms with Crippen molar-refractivity contribution < 1.29 is 4.39 Å². The molecular formula is C11H9BrFN. The van der Waals surface area contributed by atoms with Crippen LogP contribution in [0.25, 0.3) is 0 Å². The number of benzene rings is 1. The van der Waals surface area contributed by atoms with E-state index in [1.54, 1.807) is 6.07 Å². The molecule has 0 bridgehead atoms. The number of rotatable bonds is 0. The first-order valence-corrected chi connectivity index (χ1v) is 5.39. The lowest BCUT2D eigenvalue weighted by atomic mass is 9.96. The topological polar surface area (TPSA) is 12.0 Å². The second-order valence-corrected chi connectivity index (χ2v) is 4.82. The first-order chi connectivity index (χ1) is 6.65. The van der Waals surface area contributed by atoms with Gasteiger partial charge in [0.05, 0.1) is 4.47 Å². The molecule has 3 rings (SSSR count). The summed E-state index contributed by atoms with van der Waals surface area (Å²) in [7, 11) is 0. The van der Waals surface area contributed by atoms with Gasteiger partial charge in [0.2, 0.25) is 0 Å². The number of allylic oxidation sites excluding steroid dienone is 1. The van der Waals surface area contributed by atoms with Crippen LogP contribution in [0.4, 0.5) is 10.1 Å². The maximum Gasteiger partial charge on any atom is 0.143 e. The standard InChI is InChI=1S/C11H9BrFN/c1-6-11(4-5-11)9-8(14-6)3-2-7(12)10(9)13/h2-3,14H,1,4-5H2. The number of anilines is 1. The predicted octanol–water partition coefficient (Wildman–Crippen LogP) is 3.56. The van der Waals surface area contributed by atoms with Gasteiger partial charge in [-0.2, -0.15) is 0 Å². The quantitative estimate of drug-likeness (QED) is 0.746. The third-order valence-corrected chi connectivity index (χ3v) is 3.80. The van der Waals surface area contributed by atoms with Crippen molar-refractivity contribution in [3.63, 3.8) is 0 Å². The first-order valence-electron chi connectivity index (χ1n) is 4.60. The van der Waals surface area contributed by atoms with Crippen LogP contribution in [0.5, 0.6) is 0 Å². The van der Waals surface area contributed by atoms with Gasteiger partial charge < -0.3 is 5.32 Å². The number of hydrogen-bond donors (Lipinski definition) is 1. The van der Waals surface area contributed by atoms with E-state index in [1.807, 2.05) is 6.07 Å². The Morgan fingerprint density at radius 2 is 2.14 bits per heavy atom. The molecule has 72 valence electrons. The fourth-order valence-electron chi connectivity index (χ4n) is 2.23. The van der Waals surface area contributed by atoms with Crippen molar-refractivity contribution >= 4 is 21.6 Å². The number of halogens is 2. The maximum atomic E-state index is 13.9. The molecule has 1 heterocycles. The van der Waals surface area contributed by atoms with Crippen LogP contribution in [0.3, 0.4) is 0 Å². The van der Waals surface area contributed by atoms with E-state index in [2.05, 4.69) is 27.8 Å². The van der Waals surface area contributed by atoms with Crippen molar-refractivity contribution in [1.29, 1.82) is 0 Å². The Morgan fingerprint density at radius 3 is 2.79 bits per heavy atom. The van der Waals surface area contributed by atoms with Crippen LogP contribution in [-0.4, -0.2) is 0 Å². The second kappa shape index (κ2) is 2.40. The highest BCUT2D eigenvalue weighted by molar-refractivity contribution is 9.10. The molecule has 0 radical (unpaired) electrons. The Hall–Kier alpha value is -0.830. The van der Waals surface area contributed by atoms with E-state index < -0.39 is 0 Å². The minimum atomic E-state index is -0.133. The van der Waals surface area contributed by atoms with E-state index in [0.717, 1.165) is 29.8 Å². The molecule has 0 unspecified atom stereocenters. The van der Waals surface area contributed by atoms with Gasteiger partial charge in [0.1, 0.15) is 5.82 Å². The summed E-state index contributed by atoms with van der Waals surface area (Å²) >= 11 is 3.22. The number of nitrogens with one attached hydrogen (secondary N) is 1. The van der Waals surface area contributed by atoms with Gasteiger partial charge in [0.25, 0.3) is 0 Å². The van der Waals surface area contributed by atoms with Gasteiger partial charge in [-0.05, 0) is 40.9 Å². The van der Waals surface area contributed by atoms with Crippen LogP contribution in [-0.2, 0) is 5.41 Å². The Bertz CT molecular complexity index is 449. The van der Waals surface area contributed by atoms with Gasteiger partial charge in [-0.15, -0.1) is 0 Å². The molecule has 3 heteroatoms. The van der Waals surface area contributed by atoms with E-state index in [-0.39, 0.29) is 11.2 Å². The van der Waals surface area contributed by atoms with Crippen LogP contribution in [0.15, 0.2) is 28.9 Å². The molecule has 1 N–H and O–H groups in total. The number of hydrogen-bond acceptors (Lipinski definition) is 1. The highest BCUT2D eigenvalue weighted by atomic mass is 79.9. The Morgan fingerprint density at radius 1 is 1.43 bits per heavy atom. The summed E-state index contributed by atoms with van der Waals surface area (Å²) < 4.78 is 14.4. The molecule has 1 aliphatic carbocycles. The van der Waals surface area contributed by atoms with Crippen LogP contribution in [0.1, 0.15) is 18.4 Å². The molecule has 1 nitrogen and oxygen atoms in total. The second-order valence-electron chi connectivity index (χ2n) is 3.97. The first kappa shape index (κ1) is 8.48. The SMILES string of the molecule is C=C1Nc2ccc(Br)c(F)c2C12CC2. The van der Waals surface area contributed by atoms with Gasteiger partial charge in [-0.1, -0.05) is 6.58 Å². The smallest absolute Gasteiger partial charge is 0.143 e.